The smallest absolute Gasteiger partial charge is 0.429 e. The van der Waals surface area contributed by atoms with Gasteiger partial charge in [0.25, 0.3) is 5.56 Å². The highest BCUT2D eigenvalue weighted by molar-refractivity contribution is 5.98. The van der Waals surface area contributed by atoms with E-state index in [1.807, 2.05) is 6.92 Å². The maximum Gasteiger partial charge on any atom is 0.429 e. The number of aryl methyl sites for hydroxylation is 1. The SMILES string of the molecule is CCCCn1c(=O)c(C(=O)[n+]2ccccc2)c([O-])c2ccccc21. The topological polar surface area (TPSA) is 66.0 Å². The number of carbonyl (C=O) groups excluding carboxylic acids is 1. The van der Waals surface area contributed by atoms with E-state index in [4.69, 9.17) is 0 Å². The van der Waals surface area contributed by atoms with Gasteiger partial charge in [-0.1, -0.05) is 43.4 Å². The molecule has 0 bridgehead atoms. The maximum absolute atomic E-state index is 12.9. The summed E-state index contributed by atoms with van der Waals surface area (Å²) in [4.78, 5) is 25.6. The van der Waals surface area contributed by atoms with Gasteiger partial charge in [-0.3, -0.25) is 4.79 Å². The molecule has 0 amide bonds. The largest absolute Gasteiger partial charge is 0.871 e. The highest BCUT2D eigenvalue weighted by Crippen LogP contribution is 2.24. The van der Waals surface area contributed by atoms with Crippen LogP contribution in [0.4, 0.5) is 0 Å². The van der Waals surface area contributed by atoms with Crippen molar-refractivity contribution in [3.8, 4) is 5.75 Å². The fourth-order valence-corrected chi connectivity index (χ4v) is 2.77. The van der Waals surface area contributed by atoms with Gasteiger partial charge in [0.1, 0.15) is 5.56 Å². The van der Waals surface area contributed by atoms with Crippen LogP contribution >= 0.6 is 0 Å². The molecule has 1 aromatic carbocycles. The number of para-hydroxylation sites is 1. The van der Waals surface area contributed by atoms with Crippen molar-refractivity contribution >= 4 is 16.8 Å². The van der Waals surface area contributed by atoms with Gasteiger partial charge in [0.2, 0.25) is 0 Å². The van der Waals surface area contributed by atoms with E-state index < -0.39 is 17.2 Å². The van der Waals surface area contributed by atoms with Crippen LogP contribution < -0.4 is 15.2 Å². The summed E-state index contributed by atoms with van der Waals surface area (Å²) in [6.07, 6.45) is 4.78. The highest BCUT2D eigenvalue weighted by Gasteiger charge is 2.24. The summed E-state index contributed by atoms with van der Waals surface area (Å²) in [6.45, 7) is 2.51. The third kappa shape index (κ3) is 2.69. The number of carbonyl (C=O) groups is 1. The van der Waals surface area contributed by atoms with Crippen LogP contribution in [0.25, 0.3) is 10.9 Å². The molecule has 5 nitrogen and oxygen atoms in total. The molecule has 0 fully saturated rings. The number of fused-ring (bicyclic) bond motifs is 1. The van der Waals surface area contributed by atoms with Crippen molar-refractivity contribution in [1.82, 2.24) is 4.57 Å². The first-order valence-corrected chi connectivity index (χ1v) is 7.98. The Kier molecular flexibility index (Phi) is 4.42. The fourth-order valence-electron chi connectivity index (χ4n) is 2.77. The maximum atomic E-state index is 12.9. The Morgan fingerprint density at radius 3 is 2.54 bits per heavy atom. The lowest BCUT2D eigenvalue weighted by atomic mass is 10.1. The van der Waals surface area contributed by atoms with E-state index in [1.54, 1.807) is 42.5 Å². The van der Waals surface area contributed by atoms with Crippen LogP contribution in [0.15, 0.2) is 59.7 Å². The van der Waals surface area contributed by atoms with Gasteiger partial charge in [-0.15, -0.1) is 4.57 Å². The molecule has 122 valence electrons. The van der Waals surface area contributed by atoms with Crippen LogP contribution in [0, 0.1) is 0 Å². The summed E-state index contributed by atoms with van der Waals surface area (Å²) in [5.41, 5.74) is -0.245. The molecule has 24 heavy (non-hydrogen) atoms. The lowest BCUT2D eigenvalue weighted by molar-refractivity contribution is -0.570. The zero-order chi connectivity index (χ0) is 17.1. The van der Waals surface area contributed by atoms with Crippen LogP contribution in [-0.4, -0.2) is 10.5 Å². The predicted octanol–water partition coefficient (Wildman–Crippen LogP) is 1.85. The molecule has 0 aliphatic heterocycles. The summed E-state index contributed by atoms with van der Waals surface area (Å²) < 4.78 is 2.80. The number of nitrogens with zero attached hydrogens (tertiary/aromatic N) is 2. The van der Waals surface area contributed by atoms with Crippen molar-refractivity contribution in [3.05, 3.63) is 70.8 Å². The van der Waals surface area contributed by atoms with Gasteiger partial charge in [-0.2, -0.15) is 0 Å². The van der Waals surface area contributed by atoms with Crippen LogP contribution in [-0.2, 0) is 6.54 Å². The van der Waals surface area contributed by atoms with Crippen LogP contribution in [0.3, 0.4) is 0 Å². The van der Waals surface area contributed by atoms with Crippen LogP contribution in [0.2, 0.25) is 0 Å². The summed E-state index contributed by atoms with van der Waals surface area (Å²) in [6, 6.07) is 12.1. The molecule has 0 unspecified atom stereocenters. The predicted molar refractivity (Wildman–Crippen MR) is 88.9 cm³/mol. The number of pyridine rings is 2. The minimum Gasteiger partial charge on any atom is -0.871 e. The second-order valence-electron chi connectivity index (χ2n) is 5.62. The molecule has 0 saturated heterocycles. The molecule has 0 aliphatic carbocycles. The number of rotatable bonds is 4. The summed E-state index contributed by atoms with van der Waals surface area (Å²) in [7, 11) is 0. The lowest BCUT2D eigenvalue weighted by Gasteiger charge is -2.18. The van der Waals surface area contributed by atoms with Crippen molar-refractivity contribution < 1.29 is 14.5 Å². The minimum atomic E-state index is -0.596. The molecule has 0 atom stereocenters. The summed E-state index contributed by atoms with van der Waals surface area (Å²) in [5.74, 6) is -1.11. The molecule has 0 radical (unpaired) electrons. The molecule has 2 aromatic heterocycles. The van der Waals surface area contributed by atoms with Crippen molar-refractivity contribution in [2.75, 3.05) is 0 Å². The first-order valence-electron chi connectivity index (χ1n) is 7.98. The Labute approximate surface area is 139 Å². The average Bonchev–Trinajstić information content (AvgIpc) is 2.62. The second kappa shape index (κ2) is 6.66. The van der Waals surface area contributed by atoms with Gasteiger partial charge in [0.15, 0.2) is 12.4 Å². The van der Waals surface area contributed by atoms with E-state index in [2.05, 4.69) is 0 Å². The van der Waals surface area contributed by atoms with Gasteiger partial charge in [0.05, 0.1) is 5.52 Å². The number of benzene rings is 1. The molecule has 0 N–H and O–H groups in total. The van der Waals surface area contributed by atoms with E-state index in [9.17, 15) is 14.7 Å². The van der Waals surface area contributed by atoms with E-state index in [1.165, 1.54) is 21.5 Å². The Hall–Kier alpha value is -2.95. The quantitative estimate of drug-likeness (QED) is 0.689. The van der Waals surface area contributed by atoms with Gasteiger partial charge in [-0.05, 0) is 17.9 Å². The summed E-state index contributed by atoms with van der Waals surface area (Å²) >= 11 is 0. The molecule has 0 spiro atoms. The van der Waals surface area contributed by atoms with Crippen LogP contribution in [0.5, 0.6) is 5.75 Å². The second-order valence-corrected chi connectivity index (χ2v) is 5.62. The molecule has 5 heteroatoms. The van der Waals surface area contributed by atoms with Crippen molar-refractivity contribution in [2.24, 2.45) is 0 Å². The lowest BCUT2D eigenvalue weighted by Crippen LogP contribution is -2.46. The van der Waals surface area contributed by atoms with E-state index in [0.29, 0.717) is 17.4 Å². The van der Waals surface area contributed by atoms with E-state index in [0.717, 1.165) is 12.8 Å². The first-order chi connectivity index (χ1) is 11.6. The van der Waals surface area contributed by atoms with Gasteiger partial charge < -0.3 is 9.67 Å². The van der Waals surface area contributed by atoms with Crippen molar-refractivity contribution in [3.63, 3.8) is 0 Å². The number of hydrogen-bond acceptors (Lipinski definition) is 3. The Balaban J connectivity index is 2.28. The first kappa shape index (κ1) is 15.9. The molecule has 3 rings (SSSR count). The number of unbranched alkanes of at least 4 members (excludes halogenated alkanes) is 1. The van der Waals surface area contributed by atoms with Crippen molar-refractivity contribution in [1.29, 1.82) is 0 Å². The van der Waals surface area contributed by atoms with Gasteiger partial charge in [0, 0.05) is 18.7 Å². The highest BCUT2D eigenvalue weighted by atomic mass is 16.3. The zero-order valence-corrected chi connectivity index (χ0v) is 13.4. The Bertz CT molecular complexity index is 946. The summed E-state index contributed by atoms with van der Waals surface area (Å²) in [5, 5.41) is 13.1. The standard InChI is InChI=1S/C19H18N2O3/c1-2-3-13-21-15-10-6-5-9-14(15)17(22)16(19(21)24)18(23)20-11-7-4-8-12-20/h4-12H,2-3,13H2,1H3. The monoisotopic (exact) mass is 322 g/mol. The molecule has 0 saturated carbocycles. The molecule has 2 heterocycles. The van der Waals surface area contributed by atoms with Gasteiger partial charge in [-0.25, -0.2) is 4.79 Å². The zero-order valence-electron chi connectivity index (χ0n) is 13.4. The molecule has 0 aliphatic rings. The average molecular weight is 322 g/mol. The third-order valence-corrected chi connectivity index (χ3v) is 4.02. The van der Waals surface area contributed by atoms with Crippen LogP contribution in [0.1, 0.15) is 30.1 Å². The third-order valence-electron chi connectivity index (χ3n) is 4.02. The minimum absolute atomic E-state index is 0.305. The molecule has 3 aromatic rings. The van der Waals surface area contributed by atoms with E-state index >= 15 is 0 Å². The molecular weight excluding hydrogens is 304 g/mol. The number of hydrogen-bond donors (Lipinski definition) is 0. The van der Waals surface area contributed by atoms with E-state index in [-0.39, 0.29) is 5.56 Å². The van der Waals surface area contributed by atoms with Gasteiger partial charge >= 0.3 is 5.91 Å². The Morgan fingerprint density at radius 1 is 1.12 bits per heavy atom. The molecular formula is C19H18N2O3. The fraction of sp³-hybridized carbons (Fsp3) is 0.211. The van der Waals surface area contributed by atoms with Crippen molar-refractivity contribution in [2.45, 2.75) is 26.3 Å². The number of aromatic nitrogens is 2. The normalized spacial score (nSPS) is 10.9. The Morgan fingerprint density at radius 2 is 1.83 bits per heavy atom.